The van der Waals surface area contributed by atoms with Crippen molar-refractivity contribution in [3.05, 3.63) is 63.9 Å². The molecule has 1 amide bonds. The van der Waals surface area contributed by atoms with E-state index in [2.05, 4.69) is 5.32 Å². The van der Waals surface area contributed by atoms with E-state index < -0.39 is 23.7 Å². The summed E-state index contributed by atoms with van der Waals surface area (Å²) < 4.78 is 18.9. The van der Waals surface area contributed by atoms with Crippen LogP contribution >= 0.6 is 11.6 Å². The number of nitrogens with one attached hydrogen (secondary N) is 1. The first-order valence-corrected chi connectivity index (χ1v) is 8.27. The van der Waals surface area contributed by atoms with Crippen molar-refractivity contribution in [1.82, 2.24) is 5.32 Å². The maximum absolute atomic E-state index is 13.7. The Bertz CT molecular complexity index is 825. The van der Waals surface area contributed by atoms with Crippen molar-refractivity contribution in [1.29, 1.82) is 0 Å². The standard InChI is InChI=1S/C19H19ClFNO4/c1-11-3-6-17(26-2)13(7-11)9-18(23)22-16(10-19(24)25)12-4-5-14(20)15(21)8-12/h3-8,16H,9-10H2,1-2H3,(H,22,23)(H,24,25). The third kappa shape index (κ3) is 5.20. The quantitative estimate of drug-likeness (QED) is 0.769. The highest BCUT2D eigenvalue weighted by molar-refractivity contribution is 6.30. The molecular formula is C19H19ClFNO4. The van der Waals surface area contributed by atoms with Gasteiger partial charge in [0.25, 0.3) is 0 Å². The average molecular weight is 380 g/mol. The molecule has 0 aromatic heterocycles. The lowest BCUT2D eigenvalue weighted by Crippen LogP contribution is -2.31. The molecule has 0 aliphatic carbocycles. The molecule has 0 fully saturated rings. The SMILES string of the molecule is COc1ccc(C)cc1CC(=O)NC(CC(=O)O)c1ccc(Cl)c(F)c1. The maximum atomic E-state index is 13.7. The van der Waals surface area contributed by atoms with Gasteiger partial charge < -0.3 is 15.2 Å². The highest BCUT2D eigenvalue weighted by atomic mass is 35.5. The number of ether oxygens (including phenoxy) is 1. The number of carboxylic acid groups (broad SMARTS) is 1. The minimum Gasteiger partial charge on any atom is -0.496 e. The van der Waals surface area contributed by atoms with E-state index >= 15 is 0 Å². The van der Waals surface area contributed by atoms with Crippen molar-refractivity contribution < 1.29 is 23.8 Å². The number of aryl methyl sites for hydroxylation is 1. The second-order valence-corrected chi connectivity index (χ2v) is 6.29. The lowest BCUT2D eigenvalue weighted by Gasteiger charge is -2.18. The molecule has 0 aliphatic rings. The molecule has 0 saturated carbocycles. The van der Waals surface area contributed by atoms with Crippen LogP contribution in [0.2, 0.25) is 5.02 Å². The molecule has 7 heteroatoms. The van der Waals surface area contributed by atoms with E-state index in [9.17, 15) is 14.0 Å². The number of hydrogen-bond acceptors (Lipinski definition) is 3. The third-order valence-corrected chi connectivity index (χ3v) is 4.15. The van der Waals surface area contributed by atoms with E-state index in [1.165, 1.54) is 19.2 Å². The largest absolute Gasteiger partial charge is 0.496 e. The van der Waals surface area contributed by atoms with Crippen molar-refractivity contribution in [2.45, 2.75) is 25.8 Å². The molecule has 1 atom stereocenters. The minimum atomic E-state index is -1.11. The second kappa shape index (κ2) is 8.67. The van der Waals surface area contributed by atoms with Crippen LogP contribution in [-0.4, -0.2) is 24.1 Å². The van der Waals surface area contributed by atoms with Gasteiger partial charge in [-0.25, -0.2) is 4.39 Å². The zero-order chi connectivity index (χ0) is 19.3. The van der Waals surface area contributed by atoms with Gasteiger partial charge in [0.15, 0.2) is 0 Å². The number of carbonyl (C=O) groups excluding carboxylic acids is 1. The van der Waals surface area contributed by atoms with E-state index in [1.54, 1.807) is 6.07 Å². The number of amides is 1. The highest BCUT2D eigenvalue weighted by Gasteiger charge is 2.20. The fourth-order valence-corrected chi connectivity index (χ4v) is 2.74. The molecule has 5 nitrogen and oxygen atoms in total. The predicted molar refractivity (Wildman–Crippen MR) is 96.0 cm³/mol. The first kappa shape index (κ1) is 19.7. The summed E-state index contributed by atoms with van der Waals surface area (Å²) in [6.07, 6.45) is -0.366. The zero-order valence-electron chi connectivity index (χ0n) is 14.4. The Labute approximate surface area is 155 Å². The molecule has 2 aromatic rings. The summed E-state index contributed by atoms with van der Waals surface area (Å²) in [7, 11) is 1.51. The number of carboxylic acids is 1. The number of aliphatic carboxylic acids is 1. The number of hydrogen-bond donors (Lipinski definition) is 2. The summed E-state index contributed by atoms with van der Waals surface area (Å²) in [4.78, 5) is 23.6. The zero-order valence-corrected chi connectivity index (χ0v) is 15.1. The lowest BCUT2D eigenvalue weighted by molar-refractivity contribution is -0.137. The van der Waals surface area contributed by atoms with Crippen molar-refractivity contribution in [2.24, 2.45) is 0 Å². The first-order chi connectivity index (χ1) is 12.3. The fourth-order valence-electron chi connectivity index (χ4n) is 2.62. The van der Waals surface area contributed by atoms with Gasteiger partial charge in [-0.3, -0.25) is 9.59 Å². The van der Waals surface area contributed by atoms with Gasteiger partial charge in [0, 0.05) is 5.56 Å². The van der Waals surface area contributed by atoms with Crippen LogP contribution in [-0.2, 0) is 16.0 Å². The Morgan fingerprint density at radius 3 is 2.62 bits per heavy atom. The van der Waals surface area contributed by atoms with Crippen molar-refractivity contribution in [3.63, 3.8) is 0 Å². The highest BCUT2D eigenvalue weighted by Crippen LogP contribution is 2.24. The molecule has 26 heavy (non-hydrogen) atoms. The Kier molecular flexibility index (Phi) is 6.58. The topological polar surface area (TPSA) is 75.6 Å². The first-order valence-electron chi connectivity index (χ1n) is 7.89. The maximum Gasteiger partial charge on any atom is 0.305 e. The van der Waals surface area contributed by atoms with Crippen LogP contribution in [0, 0.1) is 12.7 Å². The van der Waals surface area contributed by atoms with Crippen LogP contribution in [0.5, 0.6) is 5.75 Å². The van der Waals surface area contributed by atoms with Crippen molar-refractivity contribution >= 4 is 23.5 Å². The molecule has 0 radical (unpaired) electrons. The summed E-state index contributed by atoms with van der Waals surface area (Å²) >= 11 is 5.66. The van der Waals surface area contributed by atoms with E-state index in [1.807, 2.05) is 19.1 Å². The molecule has 0 spiro atoms. The number of carbonyl (C=O) groups is 2. The van der Waals surface area contributed by atoms with Gasteiger partial charge in [-0.1, -0.05) is 35.4 Å². The van der Waals surface area contributed by atoms with Gasteiger partial charge in [0.1, 0.15) is 11.6 Å². The molecule has 0 aliphatic heterocycles. The normalized spacial score (nSPS) is 11.7. The van der Waals surface area contributed by atoms with E-state index in [0.717, 1.165) is 11.6 Å². The van der Waals surface area contributed by atoms with E-state index in [-0.39, 0.29) is 17.9 Å². The van der Waals surface area contributed by atoms with Gasteiger partial charge in [0.2, 0.25) is 5.91 Å². The summed E-state index contributed by atoms with van der Waals surface area (Å²) in [6, 6.07) is 8.53. The molecule has 2 aromatic carbocycles. The van der Waals surface area contributed by atoms with E-state index in [4.69, 9.17) is 21.4 Å². The lowest BCUT2D eigenvalue weighted by atomic mass is 10.0. The van der Waals surface area contributed by atoms with Crippen LogP contribution in [0.15, 0.2) is 36.4 Å². The van der Waals surface area contributed by atoms with Crippen molar-refractivity contribution in [3.8, 4) is 5.75 Å². The number of methoxy groups -OCH3 is 1. The molecule has 138 valence electrons. The Morgan fingerprint density at radius 2 is 2.00 bits per heavy atom. The van der Waals surface area contributed by atoms with E-state index in [0.29, 0.717) is 16.9 Å². The second-order valence-electron chi connectivity index (χ2n) is 5.88. The monoisotopic (exact) mass is 379 g/mol. The van der Waals surface area contributed by atoms with Crippen LogP contribution in [0.25, 0.3) is 0 Å². The summed E-state index contributed by atoms with van der Waals surface area (Å²) in [6.45, 7) is 1.89. The molecule has 2 N–H and O–H groups in total. The smallest absolute Gasteiger partial charge is 0.305 e. The summed E-state index contributed by atoms with van der Waals surface area (Å²) in [5, 5.41) is 11.7. The van der Waals surface area contributed by atoms with Gasteiger partial charge in [-0.2, -0.15) is 0 Å². The van der Waals surface area contributed by atoms with Crippen molar-refractivity contribution in [2.75, 3.05) is 7.11 Å². The molecule has 2 rings (SSSR count). The molecule has 0 saturated heterocycles. The van der Waals surface area contributed by atoms with Crippen LogP contribution < -0.4 is 10.1 Å². The number of rotatable bonds is 7. The Hall–Kier alpha value is -2.60. The van der Waals surface area contributed by atoms with Gasteiger partial charge in [-0.05, 0) is 30.7 Å². The Balaban J connectivity index is 2.20. The number of benzene rings is 2. The van der Waals surface area contributed by atoms with Gasteiger partial charge in [-0.15, -0.1) is 0 Å². The molecular weight excluding hydrogens is 361 g/mol. The minimum absolute atomic E-state index is 0.0110. The predicted octanol–water partition coefficient (Wildman–Crippen LogP) is 3.67. The third-order valence-electron chi connectivity index (χ3n) is 3.85. The van der Waals surface area contributed by atoms with Gasteiger partial charge in [0.05, 0.1) is 31.0 Å². The number of halogens is 2. The fraction of sp³-hybridized carbons (Fsp3) is 0.263. The Morgan fingerprint density at radius 1 is 1.27 bits per heavy atom. The van der Waals surface area contributed by atoms with Crippen LogP contribution in [0.3, 0.4) is 0 Å². The molecule has 0 bridgehead atoms. The van der Waals surface area contributed by atoms with Crippen LogP contribution in [0.1, 0.15) is 29.2 Å². The van der Waals surface area contributed by atoms with Gasteiger partial charge >= 0.3 is 5.97 Å². The van der Waals surface area contributed by atoms with Crippen LogP contribution in [0.4, 0.5) is 4.39 Å². The molecule has 1 unspecified atom stereocenters. The summed E-state index contributed by atoms with van der Waals surface area (Å²) in [5.74, 6) is -1.61. The molecule has 0 heterocycles. The summed E-state index contributed by atoms with van der Waals surface area (Å²) in [5.41, 5.74) is 1.98. The average Bonchev–Trinajstić information content (AvgIpc) is 2.56.